The van der Waals surface area contributed by atoms with Gasteiger partial charge in [0.2, 0.25) is 0 Å². The maximum Gasteiger partial charge on any atom is 0.265 e. The van der Waals surface area contributed by atoms with Crippen molar-refractivity contribution in [3.63, 3.8) is 0 Å². The number of rotatable bonds is 4. The monoisotopic (exact) mass is 290 g/mol. The van der Waals surface area contributed by atoms with Gasteiger partial charge in [0.25, 0.3) is 5.91 Å². The van der Waals surface area contributed by atoms with E-state index in [2.05, 4.69) is 0 Å². The van der Waals surface area contributed by atoms with Crippen LogP contribution in [0.25, 0.3) is 10.1 Å². The Morgan fingerprint density at radius 2 is 2.25 bits per heavy atom. The van der Waals surface area contributed by atoms with Crippen LogP contribution in [-0.4, -0.2) is 31.5 Å². The molecule has 4 nitrogen and oxygen atoms in total. The highest BCUT2D eigenvalue weighted by molar-refractivity contribution is 7.21. The predicted molar refractivity (Wildman–Crippen MR) is 82.5 cm³/mol. The number of amides is 1. The smallest absolute Gasteiger partial charge is 0.265 e. The third-order valence-corrected chi connectivity index (χ3v) is 4.86. The van der Waals surface area contributed by atoms with Crippen molar-refractivity contribution in [2.75, 3.05) is 26.4 Å². The fourth-order valence-corrected chi connectivity index (χ4v) is 3.47. The molecular weight excluding hydrogens is 272 g/mol. The van der Waals surface area contributed by atoms with E-state index in [1.807, 2.05) is 25.2 Å². The van der Waals surface area contributed by atoms with Crippen LogP contribution in [0.2, 0.25) is 0 Å². The largest absolute Gasteiger partial charge is 0.497 e. The zero-order valence-electron chi connectivity index (χ0n) is 11.7. The lowest BCUT2D eigenvalue weighted by molar-refractivity contribution is 0.0794. The van der Waals surface area contributed by atoms with Crippen molar-refractivity contribution < 1.29 is 9.53 Å². The summed E-state index contributed by atoms with van der Waals surface area (Å²) in [6, 6.07) is 5.71. The minimum atomic E-state index is 0.0227. The quantitative estimate of drug-likeness (QED) is 0.942. The lowest BCUT2D eigenvalue weighted by Crippen LogP contribution is -2.28. The van der Waals surface area contributed by atoms with Gasteiger partial charge in [0.15, 0.2) is 0 Å². The second-order valence-corrected chi connectivity index (χ2v) is 6.39. The van der Waals surface area contributed by atoms with Gasteiger partial charge in [-0.3, -0.25) is 4.79 Å². The molecule has 1 saturated carbocycles. The molecule has 1 aromatic carbocycles. The molecule has 0 radical (unpaired) electrons. The Balaban J connectivity index is 1.93. The Morgan fingerprint density at radius 3 is 2.90 bits per heavy atom. The van der Waals surface area contributed by atoms with Crippen LogP contribution in [0.4, 0.5) is 5.69 Å². The molecule has 0 bridgehead atoms. The average Bonchev–Trinajstić information content (AvgIpc) is 3.21. The summed E-state index contributed by atoms with van der Waals surface area (Å²) < 4.78 is 6.20. The SMILES string of the molecule is COc1ccc2c(N)c(C(=O)N(C)CC3CC3)sc2c1. The lowest BCUT2D eigenvalue weighted by Gasteiger charge is -2.15. The third kappa shape index (κ3) is 2.33. The maximum absolute atomic E-state index is 12.5. The van der Waals surface area contributed by atoms with Gasteiger partial charge in [0.1, 0.15) is 10.6 Å². The first-order valence-corrected chi connectivity index (χ1v) is 7.53. The molecule has 1 fully saturated rings. The molecule has 1 aromatic heterocycles. The predicted octanol–water partition coefficient (Wildman–Crippen LogP) is 2.97. The highest BCUT2D eigenvalue weighted by Gasteiger charge is 2.27. The summed E-state index contributed by atoms with van der Waals surface area (Å²) in [5.74, 6) is 1.48. The molecule has 0 unspecified atom stereocenters. The number of fused-ring (bicyclic) bond motifs is 1. The van der Waals surface area contributed by atoms with Crippen molar-refractivity contribution in [2.24, 2.45) is 5.92 Å². The van der Waals surface area contributed by atoms with E-state index in [1.165, 1.54) is 24.2 Å². The summed E-state index contributed by atoms with van der Waals surface area (Å²) in [5, 5.41) is 0.930. The molecule has 1 aliphatic rings. The molecule has 2 N–H and O–H groups in total. The first-order valence-electron chi connectivity index (χ1n) is 6.71. The number of nitrogens with two attached hydrogens (primary N) is 1. The van der Waals surface area contributed by atoms with Gasteiger partial charge in [0, 0.05) is 23.7 Å². The van der Waals surface area contributed by atoms with Gasteiger partial charge in [-0.05, 0) is 37.0 Å². The number of hydrogen-bond acceptors (Lipinski definition) is 4. The van der Waals surface area contributed by atoms with Crippen LogP contribution < -0.4 is 10.5 Å². The number of thiophene rings is 1. The number of benzene rings is 1. The van der Waals surface area contributed by atoms with Crippen LogP contribution in [0.5, 0.6) is 5.75 Å². The van der Waals surface area contributed by atoms with Gasteiger partial charge in [0.05, 0.1) is 12.8 Å². The number of anilines is 1. The highest BCUT2D eigenvalue weighted by atomic mass is 32.1. The van der Waals surface area contributed by atoms with E-state index in [0.717, 1.165) is 22.4 Å². The third-order valence-electron chi connectivity index (χ3n) is 3.71. The van der Waals surface area contributed by atoms with Gasteiger partial charge >= 0.3 is 0 Å². The minimum Gasteiger partial charge on any atom is -0.497 e. The van der Waals surface area contributed by atoms with Crippen molar-refractivity contribution >= 4 is 33.0 Å². The number of methoxy groups -OCH3 is 1. The van der Waals surface area contributed by atoms with Crippen molar-refractivity contribution in [3.8, 4) is 5.75 Å². The minimum absolute atomic E-state index is 0.0227. The molecule has 2 aromatic rings. The summed E-state index contributed by atoms with van der Waals surface area (Å²) in [6.45, 7) is 0.829. The van der Waals surface area contributed by atoms with E-state index in [4.69, 9.17) is 10.5 Å². The first kappa shape index (κ1) is 13.2. The fourth-order valence-electron chi connectivity index (χ4n) is 2.33. The maximum atomic E-state index is 12.5. The second kappa shape index (κ2) is 4.98. The van der Waals surface area contributed by atoms with Gasteiger partial charge in [-0.2, -0.15) is 0 Å². The van der Waals surface area contributed by atoms with Crippen LogP contribution in [0, 0.1) is 5.92 Å². The van der Waals surface area contributed by atoms with E-state index in [1.54, 1.807) is 12.0 Å². The van der Waals surface area contributed by atoms with E-state index >= 15 is 0 Å². The van der Waals surface area contributed by atoms with E-state index in [9.17, 15) is 4.79 Å². The number of carbonyl (C=O) groups is 1. The normalized spacial score (nSPS) is 14.5. The Labute approximate surface area is 122 Å². The Kier molecular flexibility index (Phi) is 3.30. The van der Waals surface area contributed by atoms with Gasteiger partial charge in [-0.1, -0.05) is 0 Å². The first-order chi connectivity index (χ1) is 9.60. The van der Waals surface area contributed by atoms with E-state index in [-0.39, 0.29) is 5.91 Å². The standard InChI is InChI=1S/C15H18N2O2S/c1-17(8-9-3-4-9)15(18)14-13(16)11-6-5-10(19-2)7-12(11)20-14/h5-7,9H,3-4,8,16H2,1-2H3. The second-order valence-electron chi connectivity index (χ2n) is 5.34. The summed E-state index contributed by atoms with van der Waals surface area (Å²) in [6.07, 6.45) is 2.47. The van der Waals surface area contributed by atoms with Crippen LogP contribution >= 0.6 is 11.3 Å². The Morgan fingerprint density at radius 1 is 1.50 bits per heavy atom. The van der Waals surface area contributed by atoms with Crippen LogP contribution in [0.15, 0.2) is 18.2 Å². The molecule has 3 rings (SSSR count). The zero-order chi connectivity index (χ0) is 14.3. The molecular formula is C15H18N2O2S. The van der Waals surface area contributed by atoms with Crippen molar-refractivity contribution in [3.05, 3.63) is 23.1 Å². The molecule has 0 saturated heterocycles. The molecule has 0 aliphatic heterocycles. The zero-order valence-corrected chi connectivity index (χ0v) is 12.5. The number of carbonyl (C=O) groups excluding carboxylic acids is 1. The van der Waals surface area contributed by atoms with E-state index in [0.29, 0.717) is 16.5 Å². The fraction of sp³-hybridized carbons (Fsp3) is 0.400. The number of ether oxygens (including phenoxy) is 1. The van der Waals surface area contributed by atoms with Gasteiger partial charge < -0.3 is 15.4 Å². The number of nitrogen functional groups attached to an aromatic ring is 1. The Bertz CT molecular complexity index is 661. The molecule has 5 heteroatoms. The molecule has 1 heterocycles. The Hall–Kier alpha value is -1.75. The van der Waals surface area contributed by atoms with Crippen molar-refractivity contribution in [2.45, 2.75) is 12.8 Å². The molecule has 1 amide bonds. The molecule has 20 heavy (non-hydrogen) atoms. The highest BCUT2D eigenvalue weighted by Crippen LogP contribution is 2.37. The summed E-state index contributed by atoms with van der Waals surface area (Å²) in [7, 11) is 3.48. The molecule has 0 spiro atoms. The van der Waals surface area contributed by atoms with Crippen LogP contribution in [-0.2, 0) is 0 Å². The van der Waals surface area contributed by atoms with Crippen LogP contribution in [0.1, 0.15) is 22.5 Å². The van der Waals surface area contributed by atoms with Gasteiger partial charge in [-0.15, -0.1) is 11.3 Å². The van der Waals surface area contributed by atoms with E-state index < -0.39 is 0 Å². The summed E-state index contributed by atoms with van der Waals surface area (Å²) in [5.41, 5.74) is 6.72. The van der Waals surface area contributed by atoms with Crippen molar-refractivity contribution in [1.29, 1.82) is 0 Å². The number of hydrogen-bond donors (Lipinski definition) is 1. The molecule has 0 atom stereocenters. The molecule has 1 aliphatic carbocycles. The summed E-state index contributed by atoms with van der Waals surface area (Å²) >= 11 is 1.44. The van der Waals surface area contributed by atoms with Gasteiger partial charge in [-0.25, -0.2) is 0 Å². The lowest BCUT2D eigenvalue weighted by atomic mass is 10.2. The van der Waals surface area contributed by atoms with Crippen molar-refractivity contribution in [1.82, 2.24) is 4.90 Å². The molecule has 106 valence electrons. The number of nitrogens with zero attached hydrogens (tertiary/aromatic N) is 1. The van der Waals surface area contributed by atoms with Crippen LogP contribution in [0.3, 0.4) is 0 Å². The summed E-state index contributed by atoms with van der Waals surface area (Å²) in [4.78, 5) is 14.9. The topological polar surface area (TPSA) is 55.6 Å². The average molecular weight is 290 g/mol.